The first-order valence-electron chi connectivity index (χ1n) is 9.77. The molecule has 4 aromatic rings. The molecule has 4 heterocycles. The van der Waals surface area contributed by atoms with Crippen LogP contribution in [0.3, 0.4) is 0 Å². The predicted molar refractivity (Wildman–Crippen MR) is 111 cm³/mol. The van der Waals surface area contributed by atoms with E-state index in [0.717, 1.165) is 52.2 Å². The van der Waals surface area contributed by atoms with E-state index < -0.39 is 5.95 Å². The molecule has 1 aromatic carbocycles. The van der Waals surface area contributed by atoms with Gasteiger partial charge in [-0.2, -0.15) is 4.39 Å². The van der Waals surface area contributed by atoms with Crippen molar-refractivity contribution in [3.8, 4) is 11.1 Å². The lowest BCUT2D eigenvalue weighted by Crippen LogP contribution is -2.32. The summed E-state index contributed by atoms with van der Waals surface area (Å²) < 4.78 is 27.3. The first-order chi connectivity index (χ1) is 14.5. The summed E-state index contributed by atoms with van der Waals surface area (Å²) in [5.41, 5.74) is 5.39. The van der Waals surface area contributed by atoms with Crippen LogP contribution in [0.4, 0.5) is 14.6 Å². The summed E-state index contributed by atoms with van der Waals surface area (Å²) in [6.07, 6.45) is 4.12. The van der Waals surface area contributed by atoms with Crippen LogP contribution >= 0.6 is 0 Å². The quantitative estimate of drug-likeness (QED) is 0.460. The number of pyridine rings is 2. The molecule has 0 saturated carbocycles. The molecule has 0 radical (unpaired) electrons. The summed E-state index contributed by atoms with van der Waals surface area (Å²) in [6, 6.07) is 8.09. The van der Waals surface area contributed by atoms with Crippen molar-refractivity contribution in [3.05, 3.63) is 77.1 Å². The smallest absolute Gasteiger partial charge is 0.213 e. The normalized spacial score (nSPS) is 13.5. The van der Waals surface area contributed by atoms with Gasteiger partial charge in [0, 0.05) is 54.1 Å². The highest BCUT2D eigenvalue weighted by Gasteiger charge is 2.22. The number of hydrogen-bond donors (Lipinski definition) is 0. The minimum Gasteiger partial charge on any atom is -0.351 e. The van der Waals surface area contributed by atoms with E-state index >= 15 is 0 Å². The van der Waals surface area contributed by atoms with Gasteiger partial charge in [-0.05, 0) is 55.3 Å². The van der Waals surface area contributed by atoms with Crippen LogP contribution in [-0.2, 0) is 13.0 Å². The number of nitrogens with zero attached hydrogens (tertiary/aromatic N) is 5. The van der Waals surface area contributed by atoms with Crippen LogP contribution in [0.2, 0.25) is 0 Å². The van der Waals surface area contributed by atoms with Crippen LogP contribution in [0, 0.1) is 25.6 Å². The molecule has 0 amide bonds. The van der Waals surface area contributed by atoms with Gasteiger partial charge in [-0.25, -0.2) is 19.3 Å². The minimum absolute atomic E-state index is 0.308. The second-order valence-electron chi connectivity index (χ2n) is 7.58. The molecule has 3 aromatic heterocycles. The fourth-order valence-electron chi connectivity index (χ4n) is 4.02. The van der Waals surface area contributed by atoms with E-state index in [1.165, 1.54) is 18.2 Å². The summed E-state index contributed by atoms with van der Waals surface area (Å²) >= 11 is 0. The fourth-order valence-corrected chi connectivity index (χ4v) is 4.02. The van der Waals surface area contributed by atoms with E-state index in [2.05, 4.69) is 30.9 Å². The molecule has 0 fully saturated rings. The van der Waals surface area contributed by atoms with Crippen LogP contribution in [0.1, 0.15) is 22.6 Å². The number of aromatic nitrogens is 4. The Morgan fingerprint density at radius 3 is 2.67 bits per heavy atom. The molecule has 0 bridgehead atoms. The SMILES string of the molecule is Cc1nc(N2CCc3ncc(-c4cnc(F)cc4C)cc3C2)c2cc(F)ccc2n1. The molecular formula is C23H19F2N5. The first kappa shape index (κ1) is 18.5. The van der Waals surface area contributed by atoms with Gasteiger partial charge in [0.05, 0.1) is 5.52 Å². The Labute approximate surface area is 172 Å². The first-order valence-corrected chi connectivity index (χ1v) is 9.77. The van der Waals surface area contributed by atoms with Gasteiger partial charge in [0.1, 0.15) is 17.5 Å². The van der Waals surface area contributed by atoms with Crippen LogP contribution in [0.5, 0.6) is 0 Å². The lowest BCUT2D eigenvalue weighted by atomic mass is 9.99. The molecule has 5 nitrogen and oxygen atoms in total. The van der Waals surface area contributed by atoms with Gasteiger partial charge in [-0.15, -0.1) is 0 Å². The van der Waals surface area contributed by atoms with Crippen molar-refractivity contribution >= 4 is 16.7 Å². The second kappa shape index (κ2) is 7.09. The molecule has 0 unspecified atom stereocenters. The lowest BCUT2D eigenvalue weighted by molar-refractivity contribution is 0.583. The number of aryl methyl sites for hydroxylation is 2. The van der Waals surface area contributed by atoms with Gasteiger partial charge in [-0.1, -0.05) is 0 Å². The van der Waals surface area contributed by atoms with E-state index in [9.17, 15) is 8.78 Å². The third-order valence-electron chi connectivity index (χ3n) is 5.48. The van der Waals surface area contributed by atoms with Gasteiger partial charge < -0.3 is 4.90 Å². The molecule has 0 atom stereocenters. The summed E-state index contributed by atoms with van der Waals surface area (Å²) in [5, 5.41) is 0.701. The molecule has 0 aliphatic carbocycles. The zero-order chi connectivity index (χ0) is 20.8. The van der Waals surface area contributed by atoms with E-state index in [0.29, 0.717) is 17.8 Å². The summed E-state index contributed by atoms with van der Waals surface area (Å²) in [5.74, 6) is 0.575. The van der Waals surface area contributed by atoms with Crippen LogP contribution in [-0.4, -0.2) is 26.5 Å². The number of fused-ring (bicyclic) bond motifs is 2. The van der Waals surface area contributed by atoms with Crippen LogP contribution < -0.4 is 4.90 Å². The molecule has 1 aliphatic rings. The van der Waals surface area contributed by atoms with Crippen molar-refractivity contribution in [2.24, 2.45) is 0 Å². The highest BCUT2D eigenvalue weighted by molar-refractivity contribution is 5.89. The molecule has 0 spiro atoms. The zero-order valence-corrected chi connectivity index (χ0v) is 16.7. The van der Waals surface area contributed by atoms with Crippen molar-refractivity contribution < 1.29 is 8.78 Å². The lowest BCUT2D eigenvalue weighted by Gasteiger charge is -2.30. The summed E-state index contributed by atoms with van der Waals surface area (Å²) in [4.78, 5) is 19.6. The Balaban J connectivity index is 1.55. The molecule has 0 saturated heterocycles. The average molecular weight is 403 g/mol. The Morgan fingerprint density at radius 1 is 0.967 bits per heavy atom. The number of halogens is 2. The monoisotopic (exact) mass is 403 g/mol. The minimum atomic E-state index is -0.494. The summed E-state index contributed by atoms with van der Waals surface area (Å²) in [7, 11) is 0. The molecular weight excluding hydrogens is 384 g/mol. The van der Waals surface area contributed by atoms with E-state index in [1.807, 2.05) is 20.0 Å². The van der Waals surface area contributed by atoms with Gasteiger partial charge in [0.2, 0.25) is 5.95 Å². The molecule has 1 aliphatic heterocycles. The predicted octanol–water partition coefficient (Wildman–Crippen LogP) is 4.54. The summed E-state index contributed by atoms with van der Waals surface area (Å²) in [6.45, 7) is 5.04. The second-order valence-corrected chi connectivity index (χ2v) is 7.58. The number of benzene rings is 1. The van der Waals surface area contributed by atoms with E-state index in [-0.39, 0.29) is 5.82 Å². The Hall–Kier alpha value is -3.48. The molecule has 0 N–H and O–H groups in total. The highest BCUT2D eigenvalue weighted by Crippen LogP contribution is 2.31. The maximum Gasteiger partial charge on any atom is 0.213 e. The number of anilines is 1. The Kier molecular flexibility index (Phi) is 4.38. The average Bonchev–Trinajstić information content (AvgIpc) is 2.73. The van der Waals surface area contributed by atoms with Crippen molar-refractivity contribution in [1.29, 1.82) is 0 Å². The molecule has 30 heavy (non-hydrogen) atoms. The molecule has 5 rings (SSSR count). The fraction of sp³-hybridized carbons (Fsp3) is 0.217. The van der Waals surface area contributed by atoms with Crippen molar-refractivity contribution in [2.75, 3.05) is 11.4 Å². The standard InChI is InChI=1S/C23H19F2N5/c1-13-7-22(25)27-11-19(13)15-8-16-12-30(6-5-20(16)26-10-15)23-18-9-17(24)3-4-21(18)28-14(2)29-23/h3-4,7-11H,5-6,12H2,1-2H3. The third kappa shape index (κ3) is 3.26. The van der Waals surface area contributed by atoms with Crippen molar-refractivity contribution in [2.45, 2.75) is 26.8 Å². The van der Waals surface area contributed by atoms with Gasteiger partial charge in [0.15, 0.2) is 0 Å². The van der Waals surface area contributed by atoms with Gasteiger partial charge in [0.25, 0.3) is 0 Å². The van der Waals surface area contributed by atoms with Gasteiger partial charge >= 0.3 is 0 Å². The Morgan fingerprint density at radius 2 is 1.83 bits per heavy atom. The maximum absolute atomic E-state index is 13.9. The molecule has 7 heteroatoms. The van der Waals surface area contributed by atoms with Crippen LogP contribution in [0.15, 0.2) is 42.7 Å². The van der Waals surface area contributed by atoms with E-state index in [4.69, 9.17) is 0 Å². The largest absolute Gasteiger partial charge is 0.351 e. The Bertz CT molecular complexity index is 1290. The highest BCUT2D eigenvalue weighted by atomic mass is 19.1. The van der Waals surface area contributed by atoms with Gasteiger partial charge in [-0.3, -0.25) is 4.98 Å². The topological polar surface area (TPSA) is 54.8 Å². The van der Waals surface area contributed by atoms with Crippen LogP contribution in [0.25, 0.3) is 22.0 Å². The third-order valence-corrected chi connectivity index (χ3v) is 5.48. The number of rotatable bonds is 2. The van der Waals surface area contributed by atoms with E-state index in [1.54, 1.807) is 12.3 Å². The van der Waals surface area contributed by atoms with Crippen molar-refractivity contribution in [3.63, 3.8) is 0 Å². The van der Waals surface area contributed by atoms with Crippen molar-refractivity contribution in [1.82, 2.24) is 19.9 Å². The zero-order valence-electron chi connectivity index (χ0n) is 16.7. The molecule has 150 valence electrons. The maximum atomic E-state index is 13.9. The number of hydrogen-bond acceptors (Lipinski definition) is 5.